The molecule has 5 heteroatoms. The molecule has 0 unspecified atom stereocenters. The number of hydrogen-bond donors (Lipinski definition) is 2. The molecular formula is C23H23N3O2. The number of nitrogens with one attached hydrogen (secondary N) is 2. The molecule has 2 amide bonds. The monoisotopic (exact) mass is 373 g/mol. The molecule has 0 aromatic heterocycles. The van der Waals surface area contributed by atoms with E-state index < -0.39 is 0 Å². The summed E-state index contributed by atoms with van der Waals surface area (Å²) in [5.74, 6) is -0.276. The van der Waals surface area contributed by atoms with Gasteiger partial charge in [-0.3, -0.25) is 9.59 Å². The average Bonchev–Trinajstić information content (AvgIpc) is 2.77. The van der Waals surface area contributed by atoms with Gasteiger partial charge in [0.1, 0.15) is 0 Å². The van der Waals surface area contributed by atoms with E-state index in [4.69, 9.17) is 0 Å². The molecule has 0 saturated heterocycles. The molecule has 0 atom stereocenters. The standard InChI is InChI=1S/C23H23N3O2/c1-24-22(27)18-14-12-17(13-15-18)16-25-23(28)20-10-6-7-11-21(20)26(2)19-8-4-3-5-9-19/h3-15H,16H2,1-2H3,(H,24,27)(H,25,28). The number of para-hydroxylation sites is 2. The van der Waals surface area contributed by atoms with Gasteiger partial charge >= 0.3 is 0 Å². The first-order valence-corrected chi connectivity index (χ1v) is 9.07. The summed E-state index contributed by atoms with van der Waals surface area (Å²) in [6.45, 7) is 0.385. The fourth-order valence-corrected chi connectivity index (χ4v) is 2.94. The molecule has 3 aromatic carbocycles. The van der Waals surface area contributed by atoms with Crippen LogP contribution in [0.3, 0.4) is 0 Å². The van der Waals surface area contributed by atoms with E-state index in [1.54, 1.807) is 19.2 Å². The van der Waals surface area contributed by atoms with Crippen LogP contribution >= 0.6 is 0 Å². The van der Waals surface area contributed by atoms with E-state index >= 15 is 0 Å². The highest BCUT2D eigenvalue weighted by atomic mass is 16.2. The van der Waals surface area contributed by atoms with Gasteiger partial charge < -0.3 is 15.5 Å². The maximum absolute atomic E-state index is 12.8. The van der Waals surface area contributed by atoms with Crippen LogP contribution in [0.15, 0.2) is 78.9 Å². The van der Waals surface area contributed by atoms with Crippen molar-refractivity contribution in [1.29, 1.82) is 0 Å². The summed E-state index contributed by atoms with van der Waals surface area (Å²) >= 11 is 0. The molecule has 3 aromatic rings. The Balaban J connectivity index is 1.72. The van der Waals surface area contributed by atoms with Crippen LogP contribution in [0.1, 0.15) is 26.3 Å². The first-order chi connectivity index (χ1) is 13.6. The van der Waals surface area contributed by atoms with Gasteiger partial charge in [0.15, 0.2) is 0 Å². The fraction of sp³-hybridized carbons (Fsp3) is 0.130. The number of carbonyl (C=O) groups is 2. The molecule has 28 heavy (non-hydrogen) atoms. The van der Waals surface area contributed by atoms with E-state index in [1.165, 1.54) is 0 Å². The lowest BCUT2D eigenvalue weighted by Gasteiger charge is -2.22. The quantitative estimate of drug-likeness (QED) is 0.692. The summed E-state index contributed by atoms with van der Waals surface area (Å²) in [6.07, 6.45) is 0. The molecule has 5 nitrogen and oxygen atoms in total. The van der Waals surface area contributed by atoms with Gasteiger partial charge in [-0.05, 0) is 42.0 Å². The smallest absolute Gasteiger partial charge is 0.253 e. The van der Waals surface area contributed by atoms with Crippen LogP contribution in [0.2, 0.25) is 0 Å². The number of rotatable bonds is 6. The number of benzene rings is 3. The Labute approximate surface area is 165 Å². The minimum absolute atomic E-state index is 0.131. The van der Waals surface area contributed by atoms with Crippen molar-refractivity contribution in [3.8, 4) is 0 Å². The van der Waals surface area contributed by atoms with Crippen LogP contribution in [0.25, 0.3) is 0 Å². The second-order valence-corrected chi connectivity index (χ2v) is 6.37. The lowest BCUT2D eigenvalue weighted by molar-refractivity contribution is 0.0946. The zero-order valence-electron chi connectivity index (χ0n) is 16.0. The van der Waals surface area contributed by atoms with Crippen molar-refractivity contribution in [3.63, 3.8) is 0 Å². The molecule has 0 radical (unpaired) electrons. The molecule has 0 heterocycles. The third-order valence-corrected chi connectivity index (χ3v) is 4.55. The van der Waals surface area contributed by atoms with Gasteiger partial charge in [0, 0.05) is 31.9 Å². The highest BCUT2D eigenvalue weighted by Gasteiger charge is 2.14. The van der Waals surface area contributed by atoms with Crippen LogP contribution in [-0.2, 0) is 6.54 Å². The highest BCUT2D eigenvalue weighted by Crippen LogP contribution is 2.26. The average molecular weight is 373 g/mol. The van der Waals surface area contributed by atoms with Crippen molar-refractivity contribution < 1.29 is 9.59 Å². The zero-order valence-corrected chi connectivity index (χ0v) is 16.0. The number of amides is 2. The molecule has 0 aliphatic carbocycles. The second-order valence-electron chi connectivity index (χ2n) is 6.37. The Kier molecular flexibility index (Phi) is 6.07. The molecule has 142 valence electrons. The van der Waals surface area contributed by atoms with Crippen LogP contribution in [0.5, 0.6) is 0 Å². The molecule has 0 aliphatic heterocycles. The maximum Gasteiger partial charge on any atom is 0.253 e. The van der Waals surface area contributed by atoms with Gasteiger partial charge in [0.05, 0.1) is 11.3 Å². The molecule has 0 spiro atoms. The Bertz CT molecular complexity index is 953. The predicted molar refractivity (Wildman–Crippen MR) is 112 cm³/mol. The Morgan fingerprint density at radius 3 is 2.14 bits per heavy atom. The van der Waals surface area contributed by atoms with E-state index in [-0.39, 0.29) is 11.8 Å². The summed E-state index contributed by atoms with van der Waals surface area (Å²) in [5.41, 5.74) is 3.96. The van der Waals surface area contributed by atoms with E-state index in [9.17, 15) is 9.59 Å². The first-order valence-electron chi connectivity index (χ1n) is 9.07. The van der Waals surface area contributed by atoms with Crippen molar-refractivity contribution in [2.75, 3.05) is 19.0 Å². The molecule has 0 fully saturated rings. The number of anilines is 2. The Morgan fingerprint density at radius 2 is 1.46 bits per heavy atom. The minimum atomic E-state index is -0.145. The van der Waals surface area contributed by atoms with Crippen molar-refractivity contribution >= 4 is 23.2 Å². The van der Waals surface area contributed by atoms with E-state index in [2.05, 4.69) is 10.6 Å². The summed E-state index contributed by atoms with van der Waals surface area (Å²) < 4.78 is 0. The van der Waals surface area contributed by atoms with Crippen molar-refractivity contribution in [1.82, 2.24) is 10.6 Å². The van der Waals surface area contributed by atoms with Gasteiger partial charge in [-0.25, -0.2) is 0 Å². The normalized spacial score (nSPS) is 10.2. The van der Waals surface area contributed by atoms with Gasteiger partial charge in [-0.15, -0.1) is 0 Å². The first kappa shape index (κ1) is 19.2. The molecule has 3 rings (SSSR count). The fourth-order valence-electron chi connectivity index (χ4n) is 2.94. The maximum atomic E-state index is 12.8. The minimum Gasteiger partial charge on any atom is -0.355 e. The highest BCUT2D eigenvalue weighted by molar-refractivity contribution is 6.00. The molecule has 0 aliphatic rings. The van der Waals surface area contributed by atoms with Gasteiger partial charge in [0.25, 0.3) is 11.8 Å². The predicted octanol–water partition coefficient (Wildman–Crippen LogP) is 3.74. The second kappa shape index (κ2) is 8.86. The number of carbonyl (C=O) groups excluding carboxylic acids is 2. The SMILES string of the molecule is CNC(=O)c1ccc(CNC(=O)c2ccccc2N(C)c2ccccc2)cc1. The molecule has 0 bridgehead atoms. The van der Waals surface area contributed by atoms with Gasteiger partial charge in [-0.1, -0.05) is 42.5 Å². The van der Waals surface area contributed by atoms with E-state index in [1.807, 2.05) is 78.7 Å². The third-order valence-electron chi connectivity index (χ3n) is 4.55. The largest absolute Gasteiger partial charge is 0.355 e. The molecule has 0 saturated carbocycles. The topological polar surface area (TPSA) is 61.4 Å². The van der Waals surface area contributed by atoms with Gasteiger partial charge in [0.2, 0.25) is 0 Å². The Morgan fingerprint density at radius 1 is 0.821 bits per heavy atom. The lowest BCUT2D eigenvalue weighted by Crippen LogP contribution is -2.25. The third kappa shape index (κ3) is 4.38. The van der Waals surface area contributed by atoms with Crippen molar-refractivity contribution in [2.45, 2.75) is 6.54 Å². The zero-order chi connectivity index (χ0) is 19.9. The summed E-state index contributed by atoms with van der Waals surface area (Å²) in [6, 6.07) is 24.6. The summed E-state index contributed by atoms with van der Waals surface area (Å²) in [4.78, 5) is 26.4. The Hall–Kier alpha value is -3.60. The van der Waals surface area contributed by atoms with E-state index in [0.29, 0.717) is 17.7 Å². The van der Waals surface area contributed by atoms with Crippen LogP contribution < -0.4 is 15.5 Å². The van der Waals surface area contributed by atoms with Crippen LogP contribution in [0, 0.1) is 0 Å². The van der Waals surface area contributed by atoms with Crippen molar-refractivity contribution in [3.05, 3.63) is 95.6 Å². The summed E-state index contributed by atoms with van der Waals surface area (Å²) in [5, 5.41) is 5.55. The summed E-state index contributed by atoms with van der Waals surface area (Å²) in [7, 11) is 3.54. The van der Waals surface area contributed by atoms with Crippen LogP contribution in [-0.4, -0.2) is 25.9 Å². The number of hydrogen-bond acceptors (Lipinski definition) is 3. The lowest BCUT2D eigenvalue weighted by atomic mass is 10.1. The van der Waals surface area contributed by atoms with Crippen LogP contribution in [0.4, 0.5) is 11.4 Å². The van der Waals surface area contributed by atoms with E-state index in [0.717, 1.165) is 16.9 Å². The number of nitrogens with zero attached hydrogens (tertiary/aromatic N) is 1. The molecular weight excluding hydrogens is 350 g/mol. The molecule has 2 N–H and O–H groups in total. The van der Waals surface area contributed by atoms with Crippen molar-refractivity contribution in [2.24, 2.45) is 0 Å². The van der Waals surface area contributed by atoms with Gasteiger partial charge in [-0.2, -0.15) is 0 Å².